The first kappa shape index (κ1) is 18.1. The molecule has 0 spiro atoms. The SMILES string of the molecule is C=C1C2=C(C(=O)C(OC)=C(C(C)C)C2=O)[C@@]2(C)CCCC(C)(C)C12O. The molecule has 0 aromatic carbocycles. The number of aliphatic hydroxyl groups is 1. The smallest absolute Gasteiger partial charge is 0.225 e. The van der Waals surface area contributed by atoms with Crippen LogP contribution < -0.4 is 0 Å². The molecule has 0 heterocycles. The summed E-state index contributed by atoms with van der Waals surface area (Å²) >= 11 is 0. The summed E-state index contributed by atoms with van der Waals surface area (Å²) in [6.45, 7) is 13.8. The van der Waals surface area contributed by atoms with Crippen molar-refractivity contribution in [2.24, 2.45) is 16.7 Å². The maximum atomic E-state index is 13.3. The molecule has 3 aliphatic rings. The predicted octanol–water partition coefficient (Wildman–Crippen LogP) is 3.51. The third-order valence-electron chi connectivity index (χ3n) is 6.73. The lowest BCUT2D eigenvalue weighted by molar-refractivity contribution is -0.139. The average molecular weight is 344 g/mol. The fourth-order valence-corrected chi connectivity index (χ4v) is 5.46. The quantitative estimate of drug-likeness (QED) is 0.779. The summed E-state index contributed by atoms with van der Waals surface area (Å²) in [6, 6.07) is 0. The Labute approximate surface area is 149 Å². The van der Waals surface area contributed by atoms with E-state index in [0.29, 0.717) is 28.7 Å². The molecule has 1 fully saturated rings. The number of carbonyl (C=O) groups is 2. The number of carbonyl (C=O) groups excluding carboxylic acids is 2. The van der Waals surface area contributed by atoms with Gasteiger partial charge in [0, 0.05) is 22.1 Å². The van der Waals surface area contributed by atoms with E-state index in [2.05, 4.69) is 6.58 Å². The zero-order chi connectivity index (χ0) is 18.9. The highest BCUT2D eigenvalue weighted by atomic mass is 16.5. The number of ketones is 2. The van der Waals surface area contributed by atoms with E-state index >= 15 is 0 Å². The van der Waals surface area contributed by atoms with Gasteiger partial charge in [-0.15, -0.1) is 0 Å². The van der Waals surface area contributed by atoms with Crippen LogP contribution in [0.2, 0.25) is 0 Å². The molecule has 2 atom stereocenters. The second-order valence-electron chi connectivity index (χ2n) is 8.77. The van der Waals surface area contributed by atoms with Crippen LogP contribution in [0, 0.1) is 16.7 Å². The first-order valence-electron chi connectivity index (χ1n) is 9.00. The summed E-state index contributed by atoms with van der Waals surface area (Å²) in [4.78, 5) is 26.6. The third kappa shape index (κ3) is 1.86. The molecule has 136 valence electrons. The van der Waals surface area contributed by atoms with E-state index < -0.39 is 16.4 Å². The molecule has 0 amide bonds. The highest BCUT2D eigenvalue weighted by Gasteiger charge is 2.68. The molecular weight excluding hydrogens is 316 g/mol. The molecule has 25 heavy (non-hydrogen) atoms. The molecule has 1 saturated carbocycles. The summed E-state index contributed by atoms with van der Waals surface area (Å²) in [7, 11) is 1.43. The number of rotatable bonds is 2. The third-order valence-corrected chi connectivity index (χ3v) is 6.73. The van der Waals surface area contributed by atoms with Crippen molar-refractivity contribution in [1.82, 2.24) is 0 Å². The van der Waals surface area contributed by atoms with E-state index in [9.17, 15) is 14.7 Å². The minimum atomic E-state index is -1.31. The highest BCUT2D eigenvalue weighted by molar-refractivity contribution is 6.28. The van der Waals surface area contributed by atoms with Crippen LogP contribution in [0.15, 0.2) is 34.6 Å². The Hall–Kier alpha value is -1.68. The molecule has 4 nitrogen and oxygen atoms in total. The van der Waals surface area contributed by atoms with Crippen molar-refractivity contribution in [2.45, 2.75) is 59.5 Å². The van der Waals surface area contributed by atoms with Crippen molar-refractivity contribution in [1.29, 1.82) is 0 Å². The van der Waals surface area contributed by atoms with Crippen molar-refractivity contribution in [3.05, 3.63) is 34.6 Å². The number of hydrogen-bond donors (Lipinski definition) is 1. The van der Waals surface area contributed by atoms with Gasteiger partial charge in [0.05, 0.1) is 7.11 Å². The van der Waals surface area contributed by atoms with E-state index in [0.717, 1.165) is 12.8 Å². The van der Waals surface area contributed by atoms with Crippen LogP contribution >= 0.6 is 0 Å². The van der Waals surface area contributed by atoms with Gasteiger partial charge < -0.3 is 9.84 Å². The minimum Gasteiger partial charge on any atom is -0.492 e. The van der Waals surface area contributed by atoms with Crippen LogP contribution in [0.25, 0.3) is 0 Å². The summed E-state index contributed by atoms with van der Waals surface area (Å²) in [6.07, 6.45) is 2.36. The minimum absolute atomic E-state index is 0.125. The summed E-state index contributed by atoms with van der Waals surface area (Å²) < 4.78 is 5.36. The normalized spacial score (nSPS) is 34.6. The van der Waals surface area contributed by atoms with E-state index in [-0.39, 0.29) is 23.2 Å². The lowest BCUT2D eigenvalue weighted by Gasteiger charge is -2.55. The topological polar surface area (TPSA) is 63.6 Å². The van der Waals surface area contributed by atoms with Gasteiger partial charge in [-0.05, 0) is 29.7 Å². The highest BCUT2D eigenvalue weighted by Crippen LogP contribution is 2.67. The molecule has 0 radical (unpaired) electrons. The molecule has 1 N–H and O–H groups in total. The zero-order valence-electron chi connectivity index (χ0n) is 16.1. The number of ether oxygens (including phenoxy) is 1. The van der Waals surface area contributed by atoms with Gasteiger partial charge in [-0.3, -0.25) is 9.59 Å². The van der Waals surface area contributed by atoms with E-state index in [1.54, 1.807) is 0 Å². The molecule has 3 rings (SSSR count). The van der Waals surface area contributed by atoms with Crippen molar-refractivity contribution in [2.75, 3.05) is 7.11 Å². The lowest BCUT2D eigenvalue weighted by Crippen LogP contribution is -2.58. The number of Topliss-reactive ketones (excluding diaryl/α,β-unsaturated/α-hetero) is 2. The van der Waals surface area contributed by atoms with Gasteiger partial charge in [-0.25, -0.2) is 0 Å². The maximum Gasteiger partial charge on any atom is 0.225 e. The first-order valence-corrected chi connectivity index (χ1v) is 9.00. The maximum absolute atomic E-state index is 13.3. The first-order chi connectivity index (χ1) is 11.5. The van der Waals surface area contributed by atoms with E-state index in [1.807, 2.05) is 34.6 Å². The van der Waals surface area contributed by atoms with E-state index in [1.165, 1.54) is 7.11 Å². The van der Waals surface area contributed by atoms with E-state index in [4.69, 9.17) is 4.74 Å². The zero-order valence-corrected chi connectivity index (χ0v) is 16.1. The van der Waals surface area contributed by atoms with Crippen molar-refractivity contribution >= 4 is 11.6 Å². The van der Waals surface area contributed by atoms with Gasteiger partial charge in [0.25, 0.3) is 0 Å². The van der Waals surface area contributed by atoms with Crippen LogP contribution in [-0.2, 0) is 14.3 Å². The number of hydrogen-bond acceptors (Lipinski definition) is 4. The largest absolute Gasteiger partial charge is 0.492 e. The van der Waals surface area contributed by atoms with Crippen LogP contribution in [0.3, 0.4) is 0 Å². The molecule has 0 saturated heterocycles. The van der Waals surface area contributed by atoms with Gasteiger partial charge in [0.15, 0.2) is 11.5 Å². The fourth-order valence-electron chi connectivity index (χ4n) is 5.46. The molecule has 0 aromatic rings. The molecule has 4 heteroatoms. The Balaban J connectivity index is 2.30. The summed E-state index contributed by atoms with van der Waals surface area (Å²) in [5.41, 5.74) is -1.08. The molecule has 0 bridgehead atoms. The molecule has 1 unspecified atom stereocenters. The Morgan fingerprint density at radius 2 is 1.72 bits per heavy atom. The Morgan fingerprint density at radius 1 is 1.12 bits per heavy atom. The average Bonchev–Trinajstić information content (AvgIpc) is 2.70. The Morgan fingerprint density at radius 3 is 2.24 bits per heavy atom. The lowest BCUT2D eigenvalue weighted by atomic mass is 9.52. The number of methoxy groups -OCH3 is 1. The standard InChI is InChI=1S/C21H28O4/c1-11(2)13-16(22)14-12(3)21(24)19(4,5)9-8-10-20(21,6)15(14)17(23)18(13)25-7/h11,24H,3,8-10H2,1-2,4-7H3/t20-,21?/m1/s1. The van der Waals surface area contributed by atoms with Crippen molar-refractivity contribution < 1.29 is 19.4 Å². The predicted molar refractivity (Wildman–Crippen MR) is 95.7 cm³/mol. The summed E-state index contributed by atoms with van der Waals surface area (Å²) in [5, 5.41) is 11.8. The number of fused-ring (bicyclic) bond motifs is 2. The van der Waals surface area contributed by atoms with Crippen LogP contribution in [0.5, 0.6) is 0 Å². The van der Waals surface area contributed by atoms with Crippen LogP contribution in [-0.4, -0.2) is 29.4 Å². The monoisotopic (exact) mass is 344 g/mol. The fraction of sp³-hybridized carbons (Fsp3) is 0.619. The summed E-state index contributed by atoms with van der Waals surface area (Å²) in [5.74, 6) is -0.504. The Kier molecular flexibility index (Phi) is 3.74. The second kappa shape index (κ2) is 5.16. The molecule has 0 aliphatic heterocycles. The van der Waals surface area contributed by atoms with Gasteiger partial charge in [-0.1, -0.05) is 47.6 Å². The molecular formula is C21H28O4. The van der Waals surface area contributed by atoms with Crippen LogP contribution in [0.4, 0.5) is 0 Å². The Bertz CT molecular complexity index is 765. The van der Waals surface area contributed by atoms with Gasteiger partial charge in [0.1, 0.15) is 5.60 Å². The number of allylic oxidation sites excluding steroid dienone is 2. The van der Waals surface area contributed by atoms with Gasteiger partial charge in [0.2, 0.25) is 5.78 Å². The second-order valence-corrected chi connectivity index (χ2v) is 8.77. The van der Waals surface area contributed by atoms with Crippen molar-refractivity contribution in [3.63, 3.8) is 0 Å². The molecule has 3 aliphatic carbocycles. The van der Waals surface area contributed by atoms with Crippen LogP contribution in [0.1, 0.15) is 53.9 Å². The van der Waals surface area contributed by atoms with Crippen molar-refractivity contribution in [3.8, 4) is 0 Å². The molecule has 0 aromatic heterocycles. The van der Waals surface area contributed by atoms with Gasteiger partial charge in [-0.2, -0.15) is 0 Å². The van der Waals surface area contributed by atoms with Gasteiger partial charge >= 0.3 is 0 Å².